The summed E-state index contributed by atoms with van der Waals surface area (Å²) in [6, 6.07) is 20.2. The number of ether oxygens (including phenoxy) is 2. The van der Waals surface area contributed by atoms with Crippen LogP contribution < -0.4 is 14.8 Å². The highest BCUT2D eigenvalue weighted by atomic mass is 79.9. The van der Waals surface area contributed by atoms with E-state index in [9.17, 15) is 10.1 Å². The van der Waals surface area contributed by atoms with Gasteiger partial charge in [0.1, 0.15) is 18.2 Å². The Hall–Kier alpha value is -3.27. The smallest absolute Gasteiger partial charge is 0.266 e. The van der Waals surface area contributed by atoms with E-state index >= 15 is 0 Å². The van der Waals surface area contributed by atoms with Gasteiger partial charge in [0.15, 0.2) is 11.5 Å². The van der Waals surface area contributed by atoms with Gasteiger partial charge in [-0.15, -0.1) is 0 Å². The summed E-state index contributed by atoms with van der Waals surface area (Å²) in [4.78, 5) is 12.6. The Morgan fingerprint density at radius 3 is 2.66 bits per heavy atom. The molecule has 5 nitrogen and oxygen atoms in total. The topological polar surface area (TPSA) is 71.3 Å². The molecular weight excluding hydrogens is 492 g/mol. The van der Waals surface area contributed by atoms with E-state index < -0.39 is 5.91 Å². The molecule has 7 heteroatoms. The lowest BCUT2D eigenvalue weighted by Gasteiger charge is -2.12. The summed E-state index contributed by atoms with van der Waals surface area (Å²) in [5, 5.41) is 12.8. The molecule has 0 aliphatic carbocycles. The summed E-state index contributed by atoms with van der Waals surface area (Å²) in [5.74, 6) is 0.526. The van der Waals surface area contributed by atoms with Gasteiger partial charge >= 0.3 is 0 Å². The second kappa shape index (κ2) is 10.9. The van der Waals surface area contributed by atoms with Crippen molar-refractivity contribution in [1.29, 1.82) is 5.26 Å². The van der Waals surface area contributed by atoms with Crippen molar-refractivity contribution in [2.45, 2.75) is 13.5 Å². The Morgan fingerprint density at radius 1 is 1.16 bits per heavy atom. The van der Waals surface area contributed by atoms with Gasteiger partial charge in [-0.05, 0) is 54.5 Å². The fourth-order valence-electron chi connectivity index (χ4n) is 2.91. The number of nitrogens with one attached hydrogen (secondary N) is 1. The van der Waals surface area contributed by atoms with E-state index in [0.29, 0.717) is 34.4 Å². The number of methoxy groups -OCH3 is 1. The maximum atomic E-state index is 12.6. The summed E-state index contributed by atoms with van der Waals surface area (Å²) in [7, 11) is 1.54. The number of carbonyl (C=O) groups is 1. The fraction of sp³-hybridized carbons (Fsp3) is 0.120. The monoisotopic (exact) mass is 510 g/mol. The molecular formula is C25H20BrClN2O3. The third kappa shape index (κ3) is 5.70. The van der Waals surface area contributed by atoms with Gasteiger partial charge < -0.3 is 14.8 Å². The van der Waals surface area contributed by atoms with Crippen molar-refractivity contribution in [3.05, 3.63) is 92.4 Å². The number of nitrogens with zero attached hydrogens (tertiary/aromatic N) is 1. The molecule has 1 N–H and O–H groups in total. The molecule has 0 aliphatic heterocycles. The predicted molar refractivity (Wildman–Crippen MR) is 130 cm³/mol. The Balaban J connectivity index is 1.78. The number of hydrogen-bond donors (Lipinski definition) is 1. The molecule has 0 atom stereocenters. The van der Waals surface area contributed by atoms with Crippen LogP contribution in [0.25, 0.3) is 6.08 Å². The minimum Gasteiger partial charge on any atom is -0.493 e. The highest BCUT2D eigenvalue weighted by Crippen LogP contribution is 2.31. The van der Waals surface area contributed by atoms with Crippen LogP contribution in [0.3, 0.4) is 0 Å². The number of benzene rings is 3. The van der Waals surface area contributed by atoms with E-state index in [2.05, 4.69) is 21.2 Å². The molecule has 162 valence electrons. The molecule has 1 amide bonds. The second-order valence-corrected chi connectivity index (χ2v) is 8.09. The maximum Gasteiger partial charge on any atom is 0.266 e. The van der Waals surface area contributed by atoms with Gasteiger partial charge in [0.2, 0.25) is 0 Å². The average Bonchev–Trinajstić information content (AvgIpc) is 2.80. The second-order valence-electron chi connectivity index (χ2n) is 6.83. The Labute approximate surface area is 200 Å². The van der Waals surface area contributed by atoms with E-state index in [1.54, 1.807) is 43.3 Å². The fourth-order valence-corrected chi connectivity index (χ4v) is 3.49. The molecule has 0 aliphatic rings. The predicted octanol–water partition coefficient (Wildman–Crippen LogP) is 6.54. The molecule has 0 saturated carbocycles. The van der Waals surface area contributed by atoms with Gasteiger partial charge in [-0.25, -0.2) is 0 Å². The lowest BCUT2D eigenvalue weighted by Crippen LogP contribution is -2.14. The van der Waals surface area contributed by atoms with Crippen molar-refractivity contribution in [1.82, 2.24) is 0 Å². The molecule has 32 heavy (non-hydrogen) atoms. The molecule has 0 aromatic heterocycles. The van der Waals surface area contributed by atoms with Gasteiger partial charge in [0.05, 0.1) is 7.11 Å². The van der Waals surface area contributed by atoms with E-state index in [-0.39, 0.29) is 5.57 Å². The van der Waals surface area contributed by atoms with E-state index in [4.69, 9.17) is 21.1 Å². The first-order valence-electron chi connectivity index (χ1n) is 9.65. The normalized spacial score (nSPS) is 10.9. The van der Waals surface area contributed by atoms with E-state index in [1.165, 1.54) is 13.2 Å². The molecule has 0 fully saturated rings. The third-order valence-electron chi connectivity index (χ3n) is 4.72. The van der Waals surface area contributed by atoms with Crippen LogP contribution in [0, 0.1) is 18.3 Å². The number of halogens is 2. The van der Waals surface area contributed by atoms with Crippen molar-refractivity contribution >= 4 is 45.2 Å². The van der Waals surface area contributed by atoms with Gasteiger partial charge in [-0.2, -0.15) is 5.26 Å². The maximum absolute atomic E-state index is 12.6. The SMILES string of the molecule is COc1cc(/C=C(\C#N)C(=O)Nc2cccc(Cl)c2C)ccc1OCc1ccccc1Br. The van der Waals surface area contributed by atoms with Crippen molar-refractivity contribution in [2.75, 3.05) is 12.4 Å². The quantitative estimate of drug-likeness (QED) is 0.289. The number of hydrogen-bond acceptors (Lipinski definition) is 4. The van der Waals surface area contributed by atoms with Crippen LogP contribution in [-0.4, -0.2) is 13.0 Å². The number of anilines is 1. The largest absolute Gasteiger partial charge is 0.493 e. The first kappa shape index (κ1) is 23.4. The van der Waals surface area contributed by atoms with Gasteiger partial charge in [-0.3, -0.25) is 4.79 Å². The molecule has 0 saturated heterocycles. The summed E-state index contributed by atoms with van der Waals surface area (Å²) in [6.45, 7) is 2.16. The van der Waals surface area contributed by atoms with Gasteiger partial charge in [0.25, 0.3) is 5.91 Å². The highest BCUT2D eigenvalue weighted by molar-refractivity contribution is 9.10. The molecule has 0 unspecified atom stereocenters. The van der Waals surface area contributed by atoms with E-state index in [0.717, 1.165) is 15.6 Å². The Bertz CT molecular complexity index is 1220. The minimum absolute atomic E-state index is 0.0479. The van der Waals surface area contributed by atoms with Crippen molar-refractivity contribution in [3.8, 4) is 17.6 Å². The zero-order valence-corrected chi connectivity index (χ0v) is 19.8. The first-order valence-corrected chi connectivity index (χ1v) is 10.8. The standard InChI is InChI=1S/C25H20BrClN2O3/c1-16-21(27)8-5-9-22(16)29-25(30)19(14-28)12-17-10-11-23(24(13-17)31-2)32-15-18-6-3-4-7-20(18)26/h3-13H,15H2,1-2H3,(H,29,30)/b19-12+. The van der Waals surface area contributed by atoms with Crippen molar-refractivity contribution in [3.63, 3.8) is 0 Å². The molecule has 0 radical (unpaired) electrons. The van der Waals surface area contributed by atoms with Crippen LogP contribution in [0.5, 0.6) is 11.5 Å². The zero-order chi connectivity index (χ0) is 23.1. The summed E-state index contributed by atoms with van der Waals surface area (Å²) in [6.07, 6.45) is 1.50. The van der Waals surface area contributed by atoms with Gasteiger partial charge in [0, 0.05) is 20.7 Å². The van der Waals surface area contributed by atoms with Crippen LogP contribution in [0.2, 0.25) is 5.02 Å². The summed E-state index contributed by atoms with van der Waals surface area (Å²) >= 11 is 9.61. The summed E-state index contributed by atoms with van der Waals surface area (Å²) in [5.41, 5.74) is 2.86. The molecule has 0 spiro atoms. The number of rotatable bonds is 7. The lowest BCUT2D eigenvalue weighted by atomic mass is 10.1. The van der Waals surface area contributed by atoms with Crippen LogP contribution in [0.4, 0.5) is 5.69 Å². The first-order chi connectivity index (χ1) is 15.4. The van der Waals surface area contributed by atoms with E-state index in [1.807, 2.05) is 30.3 Å². The van der Waals surface area contributed by atoms with Crippen LogP contribution in [0.1, 0.15) is 16.7 Å². The summed E-state index contributed by atoms with van der Waals surface area (Å²) < 4.78 is 12.3. The lowest BCUT2D eigenvalue weighted by molar-refractivity contribution is -0.112. The van der Waals surface area contributed by atoms with Crippen molar-refractivity contribution < 1.29 is 14.3 Å². The molecule has 0 heterocycles. The third-order valence-corrected chi connectivity index (χ3v) is 5.90. The highest BCUT2D eigenvalue weighted by Gasteiger charge is 2.13. The molecule has 3 rings (SSSR count). The van der Waals surface area contributed by atoms with Crippen LogP contribution in [0.15, 0.2) is 70.7 Å². The minimum atomic E-state index is -0.522. The molecule has 0 bridgehead atoms. The number of nitriles is 1. The number of carbonyl (C=O) groups excluding carboxylic acids is 1. The van der Waals surface area contributed by atoms with Crippen LogP contribution in [-0.2, 0) is 11.4 Å². The average molecular weight is 512 g/mol. The van der Waals surface area contributed by atoms with Crippen LogP contribution >= 0.6 is 27.5 Å². The molecule has 3 aromatic rings. The van der Waals surface area contributed by atoms with Crippen molar-refractivity contribution in [2.24, 2.45) is 0 Å². The Kier molecular flexibility index (Phi) is 7.93. The number of amides is 1. The Morgan fingerprint density at radius 2 is 1.94 bits per heavy atom. The van der Waals surface area contributed by atoms with Gasteiger partial charge in [-0.1, -0.05) is 57.9 Å². The molecule has 3 aromatic carbocycles. The zero-order valence-electron chi connectivity index (χ0n) is 17.5.